The van der Waals surface area contributed by atoms with E-state index in [1.165, 1.54) is 19.5 Å². The van der Waals surface area contributed by atoms with Crippen molar-refractivity contribution in [2.45, 2.75) is 32.9 Å². The SMILES string of the molecule is COc1ncccc1CN(C(=O)OC(C)(C)C)c1ncc(C=O)cc1F. The van der Waals surface area contributed by atoms with E-state index < -0.39 is 17.5 Å². The minimum atomic E-state index is -0.816. The van der Waals surface area contributed by atoms with Crippen LogP contribution >= 0.6 is 0 Å². The Morgan fingerprint density at radius 1 is 1.35 bits per heavy atom. The van der Waals surface area contributed by atoms with E-state index in [4.69, 9.17) is 9.47 Å². The summed E-state index contributed by atoms with van der Waals surface area (Å²) in [5.41, 5.74) is -0.177. The van der Waals surface area contributed by atoms with Gasteiger partial charge in [-0.1, -0.05) is 6.07 Å². The van der Waals surface area contributed by atoms with Gasteiger partial charge in [-0.3, -0.25) is 9.69 Å². The van der Waals surface area contributed by atoms with Gasteiger partial charge in [0.15, 0.2) is 17.9 Å². The monoisotopic (exact) mass is 361 g/mol. The number of carbonyl (C=O) groups excluding carboxylic acids is 2. The van der Waals surface area contributed by atoms with Gasteiger partial charge in [0.05, 0.1) is 13.7 Å². The van der Waals surface area contributed by atoms with Crippen molar-refractivity contribution >= 4 is 18.2 Å². The van der Waals surface area contributed by atoms with E-state index in [0.29, 0.717) is 17.7 Å². The number of hydrogen-bond acceptors (Lipinski definition) is 6. The molecule has 26 heavy (non-hydrogen) atoms. The molecule has 0 spiro atoms. The molecule has 0 N–H and O–H groups in total. The highest BCUT2D eigenvalue weighted by atomic mass is 19.1. The molecule has 0 atom stereocenters. The minimum absolute atomic E-state index is 0.0642. The number of nitrogens with zero attached hydrogens (tertiary/aromatic N) is 3. The highest BCUT2D eigenvalue weighted by Gasteiger charge is 2.27. The summed E-state index contributed by atoms with van der Waals surface area (Å²) in [5, 5.41) is 0. The number of hydrogen-bond donors (Lipinski definition) is 0. The van der Waals surface area contributed by atoms with Crippen LogP contribution < -0.4 is 9.64 Å². The summed E-state index contributed by atoms with van der Waals surface area (Å²) >= 11 is 0. The van der Waals surface area contributed by atoms with E-state index in [1.807, 2.05) is 0 Å². The van der Waals surface area contributed by atoms with Gasteiger partial charge < -0.3 is 9.47 Å². The third-order valence-electron chi connectivity index (χ3n) is 3.22. The van der Waals surface area contributed by atoms with Crippen molar-refractivity contribution < 1.29 is 23.5 Å². The van der Waals surface area contributed by atoms with Gasteiger partial charge in [0.25, 0.3) is 0 Å². The third-order valence-corrected chi connectivity index (χ3v) is 3.22. The molecule has 2 rings (SSSR count). The molecule has 0 aromatic carbocycles. The number of carbonyl (C=O) groups is 2. The first-order valence-corrected chi connectivity index (χ1v) is 7.84. The second-order valence-electron chi connectivity index (χ2n) is 6.43. The predicted molar refractivity (Wildman–Crippen MR) is 92.8 cm³/mol. The molecule has 138 valence electrons. The van der Waals surface area contributed by atoms with Gasteiger partial charge >= 0.3 is 6.09 Å². The first-order valence-electron chi connectivity index (χ1n) is 7.84. The van der Waals surface area contributed by atoms with Gasteiger partial charge in [0.1, 0.15) is 5.60 Å². The van der Waals surface area contributed by atoms with Crippen LogP contribution in [0.15, 0.2) is 30.6 Å². The lowest BCUT2D eigenvalue weighted by Crippen LogP contribution is -2.37. The topological polar surface area (TPSA) is 81.6 Å². The number of aromatic nitrogens is 2. The lowest BCUT2D eigenvalue weighted by molar-refractivity contribution is 0.0574. The lowest BCUT2D eigenvalue weighted by Gasteiger charge is -2.27. The number of rotatable bonds is 5. The molecule has 0 aliphatic rings. The van der Waals surface area contributed by atoms with Gasteiger partial charge in [-0.2, -0.15) is 0 Å². The molecular formula is C18H20FN3O4. The summed E-state index contributed by atoms with van der Waals surface area (Å²) in [5.74, 6) is -0.773. The number of methoxy groups -OCH3 is 1. The van der Waals surface area contributed by atoms with Crippen molar-refractivity contribution in [2.75, 3.05) is 12.0 Å². The molecule has 1 amide bonds. The molecule has 0 unspecified atom stereocenters. The Balaban J connectivity index is 2.45. The van der Waals surface area contributed by atoms with E-state index in [-0.39, 0.29) is 17.9 Å². The van der Waals surface area contributed by atoms with Crippen LogP contribution in [0.25, 0.3) is 0 Å². The van der Waals surface area contributed by atoms with E-state index in [0.717, 1.165) is 11.0 Å². The summed E-state index contributed by atoms with van der Waals surface area (Å²) in [6, 6.07) is 4.37. The second-order valence-corrected chi connectivity index (χ2v) is 6.43. The van der Waals surface area contributed by atoms with E-state index in [1.54, 1.807) is 32.9 Å². The summed E-state index contributed by atoms with van der Waals surface area (Å²) in [4.78, 5) is 32.4. The number of ether oxygens (including phenoxy) is 2. The fourth-order valence-corrected chi connectivity index (χ4v) is 2.15. The van der Waals surface area contributed by atoms with Crippen LogP contribution in [0.2, 0.25) is 0 Å². The van der Waals surface area contributed by atoms with Crippen molar-refractivity contribution in [3.63, 3.8) is 0 Å². The molecule has 0 saturated carbocycles. The zero-order chi connectivity index (χ0) is 19.3. The Kier molecular flexibility index (Phi) is 5.86. The smallest absolute Gasteiger partial charge is 0.416 e. The van der Waals surface area contributed by atoms with Crippen LogP contribution in [0.3, 0.4) is 0 Å². The highest BCUT2D eigenvalue weighted by Crippen LogP contribution is 2.25. The maximum atomic E-state index is 14.4. The van der Waals surface area contributed by atoms with E-state index in [9.17, 15) is 14.0 Å². The van der Waals surface area contributed by atoms with Crippen LogP contribution in [-0.4, -0.2) is 35.1 Å². The number of aldehydes is 1. The Morgan fingerprint density at radius 3 is 2.65 bits per heavy atom. The molecule has 2 aromatic heterocycles. The van der Waals surface area contributed by atoms with Gasteiger partial charge in [-0.05, 0) is 32.9 Å². The quantitative estimate of drug-likeness (QED) is 0.760. The first-order chi connectivity index (χ1) is 12.2. The van der Waals surface area contributed by atoms with Crippen LogP contribution in [0.5, 0.6) is 5.88 Å². The molecule has 8 heteroatoms. The van der Waals surface area contributed by atoms with Crippen molar-refractivity contribution in [1.29, 1.82) is 0 Å². The molecule has 2 heterocycles. The van der Waals surface area contributed by atoms with Crippen LogP contribution in [0.4, 0.5) is 15.0 Å². The number of anilines is 1. The summed E-state index contributed by atoms with van der Waals surface area (Å²) < 4.78 is 25.0. The number of pyridine rings is 2. The van der Waals surface area contributed by atoms with Crippen LogP contribution in [0, 0.1) is 5.82 Å². The van der Waals surface area contributed by atoms with Gasteiger partial charge in [-0.15, -0.1) is 0 Å². The average Bonchev–Trinajstić information content (AvgIpc) is 2.58. The van der Waals surface area contributed by atoms with Crippen LogP contribution in [0.1, 0.15) is 36.7 Å². The lowest BCUT2D eigenvalue weighted by atomic mass is 10.2. The number of halogens is 1. The minimum Gasteiger partial charge on any atom is -0.481 e. The Morgan fingerprint density at radius 2 is 2.08 bits per heavy atom. The Labute approximate surface area is 150 Å². The van der Waals surface area contributed by atoms with E-state index >= 15 is 0 Å². The molecule has 0 saturated heterocycles. The van der Waals surface area contributed by atoms with Crippen LogP contribution in [-0.2, 0) is 11.3 Å². The maximum absolute atomic E-state index is 14.4. The summed E-state index contributed by atoms with van der Waals surface area (Å²) in [7, 11) is 1.45. The number of amides is 1. The van der Waals surface area contributed by atoms with Crippen molar-refractivity contribution in [2.24, 2.45) is 0 Å². The summed E-state index contributed by atoms with van der Waals surface area (Å²) in [6.45, 7) is 5.03. The molecule has 0 aliphatic heterocycles. The zero-order valence-electron chi connectivity index (χ0n) is 15.0. The molecular weight excluding hydrogens is 341 g/mol. The van der Waals surface area contributed by atoms with Crippen molar-refractivity contribution in [3.05, 3.63) is 47.5 Å². The molecule has 0 aliphatic carbocycles. The predicted octanol–water partition coefficient (Wildman–Crippen LogP) is 3.38. The molecule has 0 radical (unpaired) electrons. The normalized spacial score (nSPS) is 11.0. The molecule has 2 aromatic rings. The zero-order valence-corrected chi connectivity index (χ0v) is 15.0. The highest BCUT2D eigenvalue weighted by molar-refractivity contribution is 5.87. The van der Waals surface area contributed by atoms with Gasteiger partial charge in [0, 0.05) is 23.5 Å². The van der Waals surface area contributed by atoms with Gasteiger partial charge in [-0.25, -0.2) is 19.2 Å². The Hall–Kier alpha value is -3.03. The Bertz CT molecular complexity index is 805. The average molecular weight is 361 g/mol. The molecule has 0 fully saturated rings. The fraction of sp³-hybridized carbons (Fsp3) is 0.333. The van der Waals surface area contributed by atoms with Gasteiger partial charge in [0.2, 0.25) is 5.88 Å². The summed E-state index contributed by atoms with van der Waals surface area (Å²) in [6.07, 6.45) is 2.41. The second kappa shape index (κ2) is 7.90. The third kappa shape index (κ3) is 4.75. The fourth-order valence-electron chi connectivity index (χ4n) is 2.15. The van der Waals surface area contributed by atoms with Crippen molar-refractivity contribution in [1.82, 2.24) is 9.97 Å². The molecule has 0 bridgehead atoms. The maximum Gasteiger partial charge on any atom is 0.416 e. The van der Waals surface area contributed by atoms with Crippen molar-refractivity contribution in [3.8, 4) is 5.88 Å². The largest absolute Gasteiger partial charge is 0.481 e. The standard InChI is InChI=1S/C18H20FN3O4/c1-18(2,3)26-17(24)22(10-13-6-5-7-20-16(13)25-4)15-14(19)8-12(11-23)9-21-15/h5-9,11H,10H2,1-4H3. The van der Waals surface area contributed by atoms with E-state index in [2.05, 4.69) is 9.97 Å². The first kappa shape index (κ1) is 19.3. The molecule has 7 nitrogen and oxygen atoms in total.